The van der Waals surface area contributed by atoms with Crippen molar-refractivity contribution in [3.63, 3.8) is 0 Å². The molecule has 11 aromatic rings. The Morgan fingerprint density at radius 2 is 0.667 bits per heavy atom. The SMILES string of the molecule is c1ccc(-c2c3cc(N4c5ccccc5CCc5ccccc54)ccc3c(-c3ccccc3-c3cccc4ccccc34)c3cc(N4c5ccccc5CCc5ccccc54)ccc23)cc1. The fraction of sp³-hybridized carbons (Fsp3) is 0.0625. The van der Waals surface area contributed by atoms with Crippen LogP contribution in [0.15, 0.2) is 231 Å². The van der Waals surface area contributed by atoms with E-state index in [0.717, 1.165) is 37.1 Å². The van der Waals surface area contributed by atoms with Crippen LogP contribution in [0.3, 0.4) is 0 Å². The van der Waals surface area contributed by atoms with Crippen LogP contribution < -0.4 is 9.80 Å². The van der Waals surface area contributed by atoms with Gasteiger partial charge in [-0.15, -0.1) is 0 Å². The summed E-state index contributed by atoms with van der Waals surface area (Å²) in [6.45, 7) is 0. The standard InChI is InChI=1S/C64H46N2/c1-2-22-48(23-3-1)63-55-39-37-50(66-61-31-14-7-20-46(61)35-36-47-21-8-15-32-62(47)66)42-58(55)64(54-27-11-10-26-53(54)52-28-16-24-43-17-4-9-25-51(43)52)56-40-38-49(41-57(56)63)65-59-29-12-5-18-44(59)33-34-45-19-6-13-30-60(45)65/h1-32,37-42H,33-36H2. The van der Waals surface area contributed by atoms with Crippen LogP contribution in [0.1, 0.15) is 22.3 Å². The van der Waals surface area contributed by atoms with Crippen molar-refractivity contribution in [3.8, 4) is 33.4 Å². The summed E-state index contributed by atoms with van der Waals surface area (Å²) in [7, 11) is 0. The van der Waals surface area contributed by atoms with Crippen molar-refractivity contribution < 1.29 is 0 Å². The Bertz CT molecular complexity index is 3580. The van der Waals surface area contributed by atoms with E-state index in [0.29, 0.717) is 0 Å². The predicted molar refractivity (Wildman–Crippen MR) is 279 cm³/mol. The van der Waals surface area contributed by atoms with E-state index in [9.17, 15) is 0 Å². The smallest absolute Gasteiger partial charge is 0.0493 e. The molecule has 0 saturated heterocycles. The van der Waals surface area contributed by atoms with Crippen molar-refractivity contribution in [3.05, 3.63) is 253 Å². The van der Waals surface area contributed by atoms with Gasteiger partial charge in [0.25, 0.3) is 0 Å². The summed E-state index contributed by atoms with van der Waals surface area (Å²) < 4.78 is 0. The zero-order chi connectivity index (χ0) is 43.6. The number of hydrogen-bond acceptors (Lipinski definition) is 2. The molecule has 0 fully saturated rings. The minimum absolute atomic E-state index is 0.998. The Kier molecular flexibility index (Phi) is 9.16. The quantitative estimate of drug-likeness (QED) is 0.159. The van der Waals surface area contributed by atoms with Gasteiger partial charge in [-0.25, -0.2) is 0 Å². The largest absolute Gasteiger partial charge is 0.310 e. The summed E-state index contributed by atoms with van der Waals surface area (Å²) in [6.07, 6.45) is 4.00. The number of para-hydroxylation sites is 4. The summed E-state index contributed by atoms with van der Waals surface area (Å²) in [5.74, 6) is 0. The van der Waals surface area contributed by atoms with E-state index in [1.807, 2.05) is 0 Å². The Morgan fingerprint density at radius 1 is 0.258 bits per heavy atom. The Labute approximate surface area is 386 Å². The fourth-order valence-electron chi connectivity index (χ4n) is 11.2. The molecule has 2 aliphatic heterocycles. The fourth-order valence-corrected chi connectivity index (χ4v) is 11.2. The first kappa shape index (κ1) is 38.3. The maximum absolute atomic E-state index is 2.52. The van der Waals surface area contributed by atoms with E-state index in [2.05, 4.69) is 240 Å². The van der Waals surface area contributed by atoms with Crippen LogP contribution in [-0.4, -0.2) is 0 Å². The lowest BCUT2D eigenvalue weighted by molar-refractivity contribution is 0.977. The van der Waals surface area contributed by atoms with Gasteiger partial charge >= 0.3 is 0 Å². The van der Waals surface area contributed by atoms with Gasteiger partial charge in [-0.2, -0.15) is 0 Å². The van der Waals surface area contributed by atoms with E-state index in [1.54, 1.807) is 0 Å². The number of aryl methyl sites for hydroxylation is 4. The summed E-state index contributed by atoms with van der Waals surface area (Å²) in [4.78, 5) is 5.03. The molecule has 0 bridgehead atoms. The van der Waals surface area contributed by atoms with Gasteiger partial charge in [0.15, 0.2) is 0 Å². The van der Waals surface area contributed by atoms with E-state index in [1.165, 1.54) is 111 Å². The minimum Gasteiger partial charge on any atom is -0.310 e. The Morgan fingerprint density at radius 3 is 1.23 bits per heavy atom. The predicted octanol–water partition coefficient (Wildman–Crippen LogP) is 17.3. The number of fused-ring (bicyclic) bond motifs is 7. The van der Waals surface area contributed by atoms with Crippen LogP contribution in [0.4, 0.5) is 34.1 Å². The van der Waals surface area contributed by atoms with Crippen molar-refractivity contribution >= 4 is 66.4 Å². The van der Waals surface area contributed by atoms with Gasteiger partial charge < -0.3 is 9.80 Å². The molecule has 0 saturated carbocycles. The molecule has 0 atom stereocenters. The molecule has 2 nitrogen and oxygen atoms in total. The molecule has 0 amide bonds. The highest BCUT2D eigenvalue weighted by Gasteiger charge is 2.27. The molecule has 0 aliphatic carbocycles. The number of nitrogens with zero attached hydrogens (tertiary/aromatic N) is 2. The van der Waals surface area contributed by atoms with E-state index >= 15 is 0 Å². The average molecular weight is 843 g/mol. The van der Waals surface area contributed by atoms with Crippen LogP contribution in [0.5, 0.6) is 0 Å². The number of hydrogen-bond donors (Lipinski definition) is 0. The monoisotopic (exact) mass is 842 g/mol. The Hall–Kier alpha value is -8.20. The molecule has 2 aliphatic rings. The zero-order valence-corrected chi connectivity index (χ0v) is 36.7. The van der Waals surface area contributed by atoms with Crippen LogP contribution in [-0.2, 0) is 25.7 Å². The first-order chi connectivity index (χ1) is 32.8. The second kappa shape index (κ2) is 15.8. The lowest BCUT2D eigenvalue weighted by Gasteiger charge is -2.29. The average Bonchev–Trinajstić information content (AvgIpc) is 3.66. The lowest BCUT2D eigenvalue weighted by atomic mass is 9.83. The normalized spacial score (nSPS) is 13.2. The summed E-state index contributed by atoms with van der Waals surface area (Å²) in [5, 5.41) is 7.40. The third-order valence-corrected chi connectivity index (χ3v) is 14.2. The van der Waals surface area contributed by atoms with E-state index in [-0.39, 0.29) is 0 Å². The molecule has 13 rings (SSSR count). The first-order valence-electron chi connectivity index (χ1n) is 23.4. The molecular formula is C64H46N2. The zero-order valence-electron chi connectivity index (χ0n) is 36.7. The Balaban J connectivity index is 1.16. The number of benzene rings is 11. The molecule has 312 valence electrons. The topological polar surface area (TPSA) is 6.48 Å². The molecule has 0 N–H and O–H groups in total. The van der Waals surface area contributed by atoms with Crippen molar-refractivity contribution in [2.45, 2.75) is 25.7 Å². The molecule has 0 unspecified atom stereocenters. The molecule has 0 spiro atoms. The van der Waals surface area contributed by atoms with Crippen molar-refractivity contribution in [2.24, 2.45) is 0 Å². The van der Waals surface area contributed by atoms with E-state index in [4.69, 9.17) is 0 Å². The third kappa shape index (κ3) is 6.25. The van der Waals surface area contributed by atoms with Crippen LogP contribution in [0, 0.1) is 0 Å². The number of anilines is 6. The molecule has 0 aromatic heterocycles. The van der Waals surface area contributed by atoms with Crippen molar-refractivity contribution in [1.82, 2.24) is 0 Å². The van der Waals surface area contributed by atoms with Gasteiger partial charge in [0.2, 0.25) is 0 Å². The first-order valence-corrected chi connectivity index (χ1v) is 23.4. The highest BCUT2D eigenvalue weighted by Crippen LogP contribution is 2.51. The minimum atomic E-state index is 0.998. The van der Waals surface area contributed by atoms with Gasteiger partial charge in [-0.05, 0) is 162 Å². The van der Waals surface area contributed by atoms with Gasteiger partial charge in [-0.3, -0.25) is 0 Å². The van der Waals surface area contributed by atoms with Gasteiger partial charge in [0.1, 0.15) is 0 Å². The maximum atomic E-state index is 2.52. The summed E-state index contributed by atoms with van der Waals surface area (Å²) in [6, 6.07) is 86.1. The molecule has 2 heterocycles. The van der Waals surface area contributed by atoms with Crippen molar-refractivity contribution in [2.75, 3.05) is 9.80 Å². The molecular weight excluding hydrogens is 797 g/mol. The summed E-state index contributed by atoms with van der Waals surface area (Å²) >= 11 is 0. The van der Waals surface area contributed by atoms with Crippen LogP contribution in [0.25, 0.3) is 65.7 Å². The van der Waals surface area contributed by atoms with Gasteiger partial charge in [0, 0.05) is 34.1 Å². The summed E-state index contributed by atoms with van der Waals surface area (Å²) in [5.41, 5.74) is 20.1. The molecule has 0 radical (unpaired) electrons. The second-order valence-electron chi connectivity index (χ2n) is 17.8. The van der Waals surface area contributed by atoms with Crippen molar-refractivity contribution in [1.29, 1.82) is 0 Å². The van der Waals surface area contributed by atoms with Gasteiger partial charge in [0.05, 0.1) is 0 Å². The molecule has 2 heteroatoms. The molecule has 66 heavy (non-hydrogen) atoms. The lowest BCUT2D eigenvalue weighted by Crippen LogP contribution is -2.12. The van der Waals surface area contributed by atoms with E-state index < -0.39 is 0 Å². The highest BCUT2D eigenvalue weighted by molar-refractivity contribution is 6.24. The number of rotatable bonds is 5. The van der Waals surface area contributed by atoms with Crippen LogP contribution in [0.2, 0.25) is 0 Å². The highest BCUT2D eigenvalue weighted by atomic mass is 15.2. The molecule has 11 aromatic carbocycles. The van der Waals surface area contributed by atoms with Gasteiger partial charge in [-0.1, -0.05) is 182 Å². The van der Waals surface area contributed by atoms with Crippen LogP contribution >= 0.6 is 0 Å². The third-order valence-electron chi connectivity index (χ3n) is 14.2. The maximum Gasteiger partial charge on any atom is 0.0493 e. The second-order valence-corrected chi connectivity index (χ2v) is 17.8.